The lowest BCUT2D eigenvalue weighted by molar-refractivity contribution is -0.118. The van der Waals surface area contributed by atoms with Gasteiger partial charge in [0.15, 0.2) is 11.6 Å². The number of nitrogens with zero attached hydrogens (tertiary/aromatic N) is 3. The van der Waals surface area contributed by atoms with Crippen molar-refractivity contribution < 1.29 is 18.0 Å². The van der Waals surface area contributed by atoms with E-state index in [1.807, 2.05) is 0 Å². The van der Waals surface area contributed by atoms with Gasteiger partial charge in [-0.2, -0.15) is 0 Å². The number of benzene rings is 1. The Morgan fingerprint density at radius 3 is 2.71 bits per heavy atom. The smallest absolute Gasteiger partial charge is 0.229 e. The first kappa shape index (κ1) is 24.5. The number of amides is 1. The normalized spacial score (nSPS) is 16.3. The van der Waals surface area contributed by atoms with Crippen LogP contribution in [0.1, 0.15) is 34.7 Å². The molecule has 1 amide bonds. The number of nitrogens with one attached hydrogen (secondary N) is 1. The van der Waals surface area contributed by atoms with E-state index in [4.69, 9.17) is 11.5 Å². The van der Waals surface area contributed by atoms with Crippen molar-refractivity contribution >= 4 is 17.5 Å². The molecule has 184 valence electrons. The van der Waals surface area contributed by atoms with E-state index in [-0.39, 0.29) is 42.5 Å². The SMILES string of the molecule is NCc1ncccc1C(C(N)=O)c1cc(F)c(N2CC[C@@H](F)C2)nc1NCCc1cccc(F)c1. The van der Waals surface area contributed by atoms with E-state index < -0.39 is 23.8 Å². The Morgan fingerprint density at radius 1 is 1.20 bits per heavy atom. The van der Waals surface area contributed by atoms with E-state index in [0.717, 1.165) is 5.56 Å². The minimum atomic E-state index is -1.07. The Kier molecular flexibility index (Phi) is 7.50. The van der Waals surface area contributed by atoms with Gasteiger partial charge in [0.1, 0.15) is 17.8 Å². The van der Waals surface area contributed by atoms with Crippen LogP contribution in [0.15, 0.2) is 48.7 Å². The number of pyridine rings is 2. The molecule has 10 heteroatoms. The molecular formula is C25H27F3N6O. The number of alkyl halides is 1. The predicted octanol–water partition coefficient (Wildman–Crippen LogP) is 3.03. The van der Waals surface area contributed by atoms with Crippen molar-refractivity contribution in [2.45, 2.75) is 31.5 Å². The summed E-state index contributed by atoms with van der Waals surface area (Å²) in [5.41, 5.74) is 13.5. The van der Waals surface area contributed by atoms with Gasteiger partial charge >= 0.3 is 0 Å². The first-order valence-electron chi connectivity index (χ1n) is 11.4. The summed E-state index contributed by atoms with van der Waals surface area (Å²) in [7, 11) is 0. The van der Waals surface area contributed by atoms with Crippen molar-refractivity contribution in [3.05, 3.63) is 82.7 Å². The molecule has 7 nitrogen and oxygen atoms in total. The molecule has 1 fully saturated rings. The second-order valence-electron chi connectivity index (χ2n) is 8.45. The summed E-state index contributed by atoms with van der Waals surface area (Å²) < 4.78 is 42.6. The topological polar surface area (TPSA) is 110 Å². The third-order valence-electron chi connectivity index (χ3n) is 6.04. The Morgan fingerprint density at radius 2 is 2.03 bits per heavy atom. The monoisotopic (exact) mass is 484 g/mol. The maximum absolute atomic E-state index is 15.3. The van der Waals surface area contributed by atoms with E-state index in [1.54, 1.807) is 30.5 Å². The van der Waals surface area contributed by atoms with Gasteiger partial charge in [0.05, 0.1) is 18.2 Å². The number of carbonyl (C=O) groups excluding carboxylic acids is 1. The highest BCUT2D eigenvalue weighted by Gasteiger charge is 2.31. The molecule has 0 aliphatic carbocycles. The van der Waals surface area contributed by atoms with Crippen LogP contribution in [-0.2, 0) is 17.8 Å². The van der Waals surface area contributed by atoms with Crippen LogP contribution < -0.4 is 21.7 Å². The number of hydrogen-bond donors (Lipinski definition) is 3. The molecule has 0 radical (unpaired) electrons. The fourth-order valence-electron chi connectivity index (χ4n) is 4.36. The molecule has 1 aliphatic heterocycles. The summed E-state index contributed by atoms with van der Waals surface area (Å²) in [5.74, 6) is -2.59. The van der Waals surface area contributed by atoms with Gasteiger partial charge in [0.2, 0.25) is 5.91 Å². The average Bonchev–Trinajstić information content (AvgIpc) is 3.26. The summed E-state index contributed by atoms with van der Waals surface area (Å²) in [5, 5.41) is 3.15. The summed E-state index contributed by atoms with van der Waals surface area (Å²) >= 11 is 0. The van der Waals surface area contributed by atoms with Gasteiger partial charge < -0.3 is 21.7 Å². The Labute approximate surface area is 201 Å². The number of primary amides is 1. The molecule has 0 spiro atoms. The van der Waals surface area contributed by atoms with Crippen molar-refractivity contribution in [1.29, 1.82) is 0 Å². The first-order chi connectivity index (χ1) is 16.9. The molecule has 2 aromatic heterocycles. The molecule has 1 aliphatic rings. The predicted molar refractivity (Wildman–Crippen MR) is 128 cm³/mol. The maximum atomic E-state index is 15.3. The van der Waals surface area contributed by atoms with Gasteiger partial charge in [-0.25, -0.2) is 18.2 Å². The van der Waals surface area contributed by atoms with Gasteiger partial charge in [-0.15, -0.1) is 0 Å². The molecule has 35 heavy (non-hydrogen) atoms. The van der Waals surface area contributed by atoms with Crippen molar-refractivity contribution in [3.8, 4) is 0 Å². The van der Waals surface area contributed by atoms with Crippen LogP contribution in [0.3, 0.4) is 0 Å². The fourth-order valence-corrected chi connectivity index (χ4v) is 4.36. The molecule has 4 rings (SSSR count). The van der Waals surface area contributed by atoms with E-state index >= 15 is 4.39 Å². The molecule has 3 aromatic rings. The highest BCUT2D eigenvalue weighted by molar-refractivity contribution is 5.87. The van der Waals surface area contributed by atoms with Gasteiger partial charge in [0.25, 0.3) is 0 Å². The zero-order valence-electron chi connectivity index (χ0n) is 19.1. The van der Waals surface area contributed by atoms with Crippen LogP contribution in [0.4, 0.5) is 24.8 Å². The van der Waals surface area contributed by atoms with Gasteiger partial charge in [-0.1, -0.05) is 18.2 Å². The summed E-state index contributed by atoms with van der Waals surface area (Å²) in [4.78, 5) is 22.8. The molecule has 1 unspecified atom stereocenters. The van der Waals surface area contributed by atoms with Crippen molar-refractivity contribution in [2.24, 2.45) is 11.5 Å². The third kappa shape index (κ3) is 5.54. The molecular weight excluding hydrogens is 457 g/mol. The zero-order chi connectivity index (χ0) is 24.9. The molecule has 3 heterocycles. The zero-order valence-corrected chi connectivity index (χ0v) is 19.1. The minimum absolute atomic E-state index is 0.00406. The Balaban J connectivity index is 1.73. The first-order valence-corrected chi connectivity index (χ1v) is 11.4. The summed E-state index contributed by atoms with van der Waals surface area (Å²) in [6, 6.07) is 10.7. The van der Waals surface area contributed by atoms with Gasteiger partial charge in [-0.3, -0.25) is 9.78 Å². The molecule has 0 saturated carbocycles. The highest BCUT2D eigenvalue weighted by atomic mass is 19.1. The van der Waals surface area contributed by atoms with E-state index in [9.17, 15) is 13.6 Å². The number of carbonyl (C=O) groups is 1. The van der Waals surface area contributed by atoms with Crippen molar-refractivity contribution in [2.75, 3.05) is 29.9 Å². The quantitative estimate of drug-likeness (QED) is 0.431. The second-order valence-corrected chi connectivity index (χ2v) is 8.45. The average molecular weight is 485 g/mol. The summed E-state index contributed by atoms with van der Waals surface area (Å²) in [6.07, 6.45) is 1.21. The van der Waals surface area contributed by atoms with Crippen LogP contribution in [0.2, 0.25) is 0 Å². The van der Waals surface area contributed by atoms with Crippen LogP contribution in [0.5, 0.6) is 0 Å². The number of anilines is 2. The highest BCUT2D eigenvalue weighted by Crippen LogP contribution is 2.35. The molecule has 2 atom stereocenters. The number of hydrogen-bond acceptors (Lipinski definition) is 6. The van der Waals surface area contributed by atoms with Crippen molar-refractivity contribution in [3.63, 3.8) is 0 Å². The lowest BCUT2D eigenvalue weighted by atomic mass is 9.89. The number of rotatable bonds is 9. The van der Waals surface area contributed by atoms with Crippen LogP contribution in [0, 0.1) is 11.6 Å². The van der Waals surface area contributed by atoms with Crippen LogP contribution >= 0.6 is 0 Å². The Hall–Kier alpha value is -3.66. The van der Waals surface area contributed by atoms with Crippen LogP contribution in [0.25, 0.3) is 0 Å². The largest absolute Gasteiger partial charge is 0.369 e. The number of halogens is 3. The van der Waals surface area contributed by atoms with E-state index in [0.29, 0.717) is 30.8 Å². The molecule has 1 aromatic carbocycles. The molecule has 0 bridgehead atoms. The lowest BCUT2D eigenvalue weighted by Gasteiger charge is -2.24. The second kappa shape index (κ2) is 10.7. The van der Waals surface area contributed by atoms with E-state index in [2.05, 4.69) is 15.3 Å². The standard InChI is InChI=1S/C25H27F3N6O/c26-16-4-1-3-15(11-16)6-9-32-24-19(12-20(28)25(33-24)34-10-7-17(27)14-34)22(23(30)35)18-5-2-8-31-21(18)13-29/h1-5,8,11-12,17,22H,6-7,9-10,13-14,29H2,(H2,30,35)(H,32,33)/t17-,22?/m1/s1. The molecule has 5 N–H and O–H groups in total. The summed E-state index contributed by atoms with van der Waals surface area (Å²) in [6.45, 7) is 0.738. The maximum Gasteiger partial charge on any atom is 0.229 e. The lowest BCUT2D eigenvalue weighted by Crippen LogP contribution is -2.28. The number of aromatic nitrogens is 2. The van der Waals surface area contributed by atoms with Gasteiger partial charge in [0, 0.05) is 31.4 Å². The van der Waals surface area contributed by atoms with Crippen LogP contribution in [-0.4, -0.2) is 41.7 Å². The molecule has 1 saturated heterocycles. The van der Waals surface area contributed by atoms with E-state index in [1.165, 1.54) is 23.1 Å². The Bertz CT molecular complexity index is 1210. The fraction of sp³-hybridized carbons (Fsp3) is 0.320. The third-order valence-corrected chi connectivity index (χ3v) is 6.04. The van der Waals surface area contributed by atoms with Gasteiger partial charge in [-0.05, 0) is 48.2 Å². The minimum Gasteiger partial charge on any atom is -0.369 e. The number of nitrogens with two attached hydrogens (primary N) is 2. The van der Waals surface area contributed by atoms with Crippen molar-refractivity contribution in [1.82, 2.24) is 9.97 Å².